The van der Waals surface area contributed by atoms with Gasteiger partial charge in [0, 0.05) is 34.6 Å². The Morgan fingerprint density at radius 1 is 0.774 bits per heavy atom. The van der Waals surface area contributed by atoms with Gasteiger partial charge in [-0.1, -0.05) is 12.1 Å². The molecule has 0 aliphatic rings. The molecule has 156 valence electrons. The summed E-state index contributed by atoms with van der Waals surface area (Å²) in [5.74, 6) is -1.44. The Bertz CT molecular complexity index is 1160. The molecule has 2 amide bonds. The Morgan fingerprint density at radius 3 is 1.97 bits per heavy atom. The Balaban J connectivity index is 1.70. The molecule has 3 aromatic rings. The highest BCUT2D eigenvalue weighted by Crippen LogP contribution is 2.17. The van der Waals surface area contributed by atoms with Gasteiger partial charge in [-0.05, 0) is 48.5 Å². The number of amides is 2. The summed E-state index contributed by atoms with van der Waals surface area (Å²) in [4.78, 5) is 46.7. The first-order valence-corrected chi connectivity index (χ1v) is 9.03. The van der Waals surface area contributed by atoms with E-state index in [4.69, 9.17) is 0 Å². The van der Waals surface area contributed by atoms with Crippen LogP contribution in [0.25, 0.3) is 0 Å². The van der Waals surface area contributed by atoms with Gasteiger partial charge < -0.3 is 15.4 Å². The summed E-state index contributed by atoms with van der Waals surface area (Å²) in [6.07, 6.45) is 0. The molecule has 0 fully saturated rings. The molecule has 0 radical (unpaired) electrons. The van der Waals surface area contributed by atoms with Gasteiger partial charge in [0.2, 0.25) is 0 Å². The molecule has 0 heterocycles. The molecule has 0 spiro atoms. The van der Waals surface area contributed by atoms with Crippen molar-refractivity contribution in [2.75, 3.05) is 17.7 Å². The summed E-state index contributed by atoms with van der Waals surface area (Å²) in [6.45, 7) is 0. The van der Waals surface area contributed by atoms with Crippen LogP contribution in [0.1, 0.15) is 31.1 Å². The van der Waals surface area contributed by atoms with Gasteiger partial charge in [-0.15, -0.1) is 0 Å². The second-order valence-corrected chi connectivity index (χ2v) is 6.37. The van der Waals surface area contributed by atoms with Crippen LogP contribution in [-0.2, 0) is 4.74 Å². The number of benzene rings is 3. The zero-order valence-corrected chi connectivity index (χ0v) is 16.3. The highest BCUT2D eigenvalue weighted by Gasteiger charge is 2.13. The van der Waals surface area contributed by atoms with Crippen LogP contribution in [0.2, 0.25) is 0 Å². The number of methoxy groups -OCH3 is 1. The maximum Gasteiger partial charge on any atom is 0.337 e. The molecular formula is C22H17N3O6. The zero-order valence-electron chi connectivity index (χ0n) is 16.3. The van der Waals surface area contributed by atoms with Gasteiger partial charge in [-0.25, -0.2) is 4.79 Å². The first kappa shape index (κ1) is 21.2. The third-order valence-corrected chi connectivity index (χ3v) is 4.27. The van der Waals surface area contributed by atoms with Crippen LogP contribution < -0.4 is 10.6 Å². The predicted molar refractivity (Wildman–Crippen MR) is 113 cm³/mol. The number of hydrogen-bond donors (Lipinski definition) is 2. The minimum atomic E-state index is -0.584. The second kappa shape index (κ2) is 9.31. The van der Waals surface area contributed by atoms with Gasteiger partial charge in [0.05, 0.1) is 17.6 Å². The van der Waals surface area contributed by atoms with Crippen LogP contribution in [0.3, 0.4) is 0 Å². The van der Waals surface area contributed by atoms with Crippen molar-refractivity contribution in [3.63, 3.8) is 0 Å². The molecule has 0 atom stereocenters. The van der Waals surface area contributed by atoms with Gasteiger partial charge in [0.25, 0.3) is 17.5 Å². The van der Waals surface area contributed by atoms with Crippen molar-refractivity contribution < 1.29 is 24.0 Å². The van der Waals surface area contributed by atoms with E-state index in [9.17, 15) is 24.5 Å². The monoisotopic (exact) mass is 419 g/mol. The van der Waals surface area contributed by atoms with E-state index in [0.717, 1.165) is 0 Å². The molecule has 0 saturated heterocycles. The molecular weight excluding hydrogens is 402 g/mol. The van der Waals surface area contributed by atoms with Crippen LogP contribution in [0.4, 0.5) is 17.1 Å². The fraction of sp³-hybridized carbons (Fsp3) is 0.0455. The summed E-state index contributed by atoms with van der Waals surface area (Å²) in [5, 5.41) is 16.2. The number of rotatable bonds is 6. The topological polar surface area (TPSA) is 128 Å². The smallest absolute Gasteiger partial charge is 0.337 e. The molecule has 0 aliphatic heterocycles. The first-order chi connectivity index (χ1) is 14.9. The molecule has 0 saturated carbocycles. The van der Waals surface area contributed by atoms with E-state index >= 15 is 0 Å². The number of nitrogens with one attached hydrogen (secondary N) is 2. The second-order valence-electron chi connectivity index (χ2n) is 6.37. The summed E-state index contributed by atoms with van der Waals surface area (Å²) in [6, 6.07) is 17.8. The Labute approximate surface area is 176 Å². The Hall–Kier alpha value is -4.53. The molecule has 9 nitrogen and oxygen atoms in total. The van der Waals surface area contributed by atoms with Crippen LogP contribution >= 0.6 is 0 Å². The first-order valence-electron chi connectivity index (χ1n) is 9.03. The normalized spacial score (nSPS) is 10.1. The van der Waals surface area contributed by atoms with Gasteiger partial charge in [0.1, 0.15) is 0 Å². The summed E-state index contributed by atoms with van der Waals surface area (Å²) >= 11 is 0. The van der Waals surface area contributed by atoms with Gasteiger partial charge >= 0.3 is 5.97 Å². The fourth-order valence-electron chi connectivity index (χ4n) is 2.71. The Kier molecular flexibility index (Phi) is 6.36. The van der Waals surface area contributed by atoms with E-state index in [-0.39, 0.29) is 16.8 Å². The predicted octanol–water partition coefficient (Wildman–Crippen LogP) is 3.89. The molecule has 0 aliphatic carbocycles. The number of carbonyl (C=O) groups is 3. The van der Waals surface area contributed by atoms with Crippen molar-refractivity contribution in [1.82, 2.24) is 0 Å². The van der Waals surface area contributed by atoms with E-state index in [2.05, 4.69) is 15.4 Å². The summed E-state index contributed by atoms with van der Waals surface area (Å²) in [7, 11) is 1.28. The van der Waals surface area contributed by atoms with E-state index in [1.807, 2.05) is 0 Å². The SMILES string of the molecule is COC(=O)c1ccc(NC(=O)c2cccc(NC(=O)c3cccc([N+](=O)[O-])c3)c2)cc1. The minimum Gasteiger partial charge on any atom is -0.465 e. The quantitative estimate of drug-likeness (QED) is 0.354. The number of nitro benzene ring substituents is 1. The molecule has 0 unspecified atom stereocenters. The van der Waals surface area contributed by atoms with Gasteiger partial charge in [-0.2, -0.15) is 0 Å². The number of carbonyl (C=O) groups excluding carboxylic acids is 3. The van der Waals surface area contributed by atoms with Crippen LogP contribution in [-0.4, -0.2) is 29.8 Å². The number of nitrogens with zero attached hydrogens (tertiary/aromatic N) is 1. The lowest BCUT2D eigenvalue weighted by molar-refractivity contribution is -0.384. The number of anilines is 2. The number of hydrogen-bond acceptors (Lipinski definition) is 6. The highest BCUT2D eigenvalue weighted by molar-refractivity contribution is 6.07. The lowest BCUT2D eigenvalue weighted by Crippen LogP contribution is -2.15. The molecule has 0 aromatic heterocycles. The van der Waals surface area contributed by atoms with Crippen molar-refractivity contribution in [2.24, 2.45) is 0 Å². The van der Waals surface area contributed by atoms with E-state index in [1.54, 1.807) is 30.3 Å². The van der Waals surface area contributed by atoms with Crippen molar-refractivity contribution in [2.45, 2.75) is 0 Å². The average Bonchev–Trinajstić information content (AvgIpc) is 2.79. The standard InChI is InChI=1S/C22H17N3O6/c1-31-22(28)14-8-10-17(11-9-14)23-20(26)15-4-2-6-18(12-15)24-21(27)16-5-3-7-19(13-16)25(29)30/h2-13H,1H3,(H,23,26)(H,24,27). The largest absolute Gasteiger partial charge is 0.465 e. The maximum atomic E-state index is 12.5. The van der Waals surface area contributed by atoms with Crippen molar-refractivity contribution in [3.05, 3.63) is 99.6 Å². The van der Waals surface area contributed by atoms with Crippen molar-refractivity contribution >= 4 is 34.8 Å². The number of ether oxygens (including phenoxy) is 1. The van der Waals surface area contributed by atoms with E-state index in [0.29, 0.717) is 16.9 Å². The van der Waals surface area contributed by atoms with Crippen molar-refractivity contribution in [3.8, 4) is 0 Å². The number of esters is 1. The van der Waals surface area contributed by atoms with Crippen LogP contribution in [0.5, 0.6) is 0 Å². The average molecular weight is 419 g/mol. The molecule has 3 rings (SSSR count). The molecule has 3 aromatic carbocycles. The van der Waals surface area contributed by atoms with E-state index < -0.39 is 22.7 Å². The van der Waals surface area contributed by atoms with Crippen LogP contribution in [0, 0.1) is 10.1 Å². The summed E-state index contributed by atoms with van der Waals surface area (Å²) in [5.41, 5.74) is 1.39. The van der Waals surface area contributed by atoms with Gasteiger partial charge in [0.15, 0.2) is 0 Å². The molecule has 2 N–H and O–H groups in total. The van der Waals surface area contributed by atoms with Crippen molar-refractivity contribution in [1.29, 1.82) is 0 Å². The molecule has 31 heavy (non-hydrogen) atoms. The van der Waals surface area contributed by atoms with Crippen LogP contribution in [0.15, 0.2) is 72.8 Å². The third-order valence-electron chi connectivity index (χ3n) is 4.27. The summed E-state index contributed by atoms with van der Waals surface area (Å²) < 4.78 is 4.63. The maximum absolute atomic E-state index is 12.5. The highest BCUT2D eigenvalue weighted by atomic mass is 16.6. The zero-order chi connectivity index (χ0) is 22.4. The fourth-order valence-corrected chi connectivity index (χ4v) is 2.71. The molecule has 9 heteroatoms. The Morgan fingerprint density at radius 2 is 1.35 bits per heavy atom. The van der Waals surface area contributed by atoms with E-state index in [1.165, 1.54) is 49.6 Å². The van der Waals surface area contributed by atoms with Gasteiger partial charge in [-0.3, -0.25) is 19.7 Å². The third kappa shape index (κ3) is 5.30. The number of non-ortho nitro benzene ring substituents is 1. The molecule has 0 bridgehead atoms. The lowest BCUT2D eigenvalue weighted by atomic mass is 10.1. The minimum absolute atomic E-state index is 0.120. The number of nitro groups is 1. The lowest BCUT2D eigenvalue weighted by Gasteiger charge is -2.09.